The largest absolute Gasteiger partial charge is 0.416 e. The van der Waals surface area contributed by atoms with Gasteiger partial charge in [0.2, 0.25) is 0 Å². The number of aromatic nitrogens is 1. The lowest BCUT2D eigenvalue weighted by Crippen LogP contribution is -2.33. The van der Waals surface area contributed by atoms with Gasteiger partial charge in [0.1, 0.15) is 0 Å². The number of alkyl halides is 3. The number of ether oxygens (including phenoxy) is 1. The van der Waals surface area contributed by atoms with E-state index in [0.29, 0.717) is 24.3 Å². The van der Waals surface area contributed by atoms with Crippen molar-refractivity contribution in [1.29, 1.82) is 0 Å². The number of halogens is 3. The summed E-state index contributed by atoms with van der Waals surface area (Å²) in [6.45, 7) is 2.93. The van der Waals surface area contributed by atoms with Crippen molar-refractivity contribution in [1.82, 2.24) is 9.88 Å². The Bertz CT molecular complexity index is 1180. The number of rotatable bonds is 7. The van der Waals surface area contributed by atoms with Crippen LogP contribution in [0.1, 0.15) is 41.2 Å². The van der Waals surface area contributed by atoms with E-state index in [0.717, 1.165) is 42.3 Å². The molecule has 170 valence electrons. The zero-order chi connectivity index (χ0) is 22.9. The first-order chi connectivity index (χ1) is 15.3. The molecule has 0 saturated heterocycles. The van der Waals surface area contributed by atoms with E-state index in [4.69, 9.17) is 4.74 Å². The summed E-state index contributed by atoms with van der Waals surface area (Å²) in [6.07, 6.45) is -1.38. The molecular formula is C25H27F3N2O2. The summed E-state index contributed by atoms with van der Waals surface area (Å²) in [4.78, 5) is 13.4. The van der Waals surface area contributed by atoms with Crippen LogP contribution in [0.4, 0.5) is 13.2 Å². The van der Waals surface area contributed by atoms with Gasteiger partial charge in [-0.1, -0.05) is 12.1 Å². The minimum atomic E-state index is -4.42. The van der Waals surface area contributed by atoms with Crippen molar-refractivity contribution < 1.29 is 17.9 Å². The van der Waals surface area contributed by atoms with E-state index in [-0.39, 0.29) is 18.1 Å². The van der Waals surface area contributed by atoms with Crippen LogP contribution < -0.4 is 10.9 Å². The van der Waals surface area contributed by atoms with Crippen LogP contribution in [0, 0.1) is 0 Å². The Balaban J connectivity index is 1.78. The van der Waals surface area contributed by atoms with Gasteiger partial charge in [0.05, 0.1) is 24.2 Å². The molecule has 0 fully saturated rings. The van der Waals surface area contributed by atoms with Crippen molar-refractivity contribution in [2.75, 3.05) is 13.7 Å². The Kier molecular flexibility index (Phi) is 6.40. The summed E-state index contributed by atoms with van der Waals surface area (Å²) in [5.41, 5.74) is 3.40. The Hall–Kier alpha value is -2.64. The number of fused-ring (bicyclic) bond motifs is 2. The van der Waals surface area contributed by atoms with Gasteiger partial charge < -0.3 is 14.6 Å². The predicted octanol–water partition coefficient (Wildman–Crippen LogP) is 4.68. The van der Waals surface area contributed by atoms with Crippen molar-refractivity contribution in [3.8, 4) is 0 Å². The molecule has 1 aromatic heterocycles. The second-order valence-corrected chi connectivity index (χ2v) is 8.53. The van der Waals surface area contributed by atoms with Crippen molar-refractivity contribution in [2.45, 2.75) is 51.5 Å². The number of methoxy groups -OCH3 is 1. The molecule has 3 aromatic rings. The number of benzene rings is 2. The highest BCUT2D eigenvalue weighted by Crippen LogP contribution is 2.30. The molecular weight excluding hydrogens is 417 g/mol. The Morgan fingerprint density at radius 1 is 1.12 bits per heavy atom. The van der Waals surface area contributed by atoms with E-state index in [1.54, 1.807) is 17.7 Å². The van der Waals surface area contributed by atoms with Crippen LogP contribution >= 0.6 is 0 Å². The van der Waals surface area contributed by atoms with Crippen LogP contribution in [0.25, 0.3) is 10.9 Å². The topological polar surface area (TPSA) is 43.3 Å². The van der Waals surface area contributed by atoms with Gasteiger partial charge in [-0.05, 0) is 78.6 Å². The van der Waals surface area contributed by atoms with Crippen LogP contribution in [0.15, 0.2) is 47.3 Å². The van der Waals surface area contributed by atoms with Gasteiger partial charge in [0.15, 0.2) is 0 Å². The highest BCUT2D eigenvalue weighted by Gasteiger charge is 2.30. The maximum atomic E-state index is 13.4. The molecule has 32 heavy (non-hydrogen) atoms. The molecule has 0 bridgehead atoms. The zero-order valence-electron chi connectivity index (χ0n) is 18.3. The van der Waals surface area contributed by atoms with Crippen molar-refractivity contribution in [3.63, 3.8) is 0 Å². The number of hydrogen-bond donors (Lipinski definition) is 1. The number of aryl methyl sites for hydroxylation is 2. The molecule has 2 aromatic carbocycles. The van der Waals surface area contributed by atoms with Crippen LogP contribution in [-0.2, 0) is 36.8 Å². The molecule has 0 radical (unpaired) electrons. The molecule has 4 rings (SSSR count). The standard InChI is InChI=1S/C25H27F3N2O2/c1-16(15-32-2)29-13-21-11-20-10-18-6-4-7-19(18)12-23(20)30(24(21)31)14-17-5-3-8-22(9-17)25(26,27)28/h3,5,8-12,16,29H,4,6-7,13-15H2,1-2H3/t16-/m1/s1. The van der Waals surface area contributed by atoms with Crippen LogP contribution in [0.3, 0.4) is 0 Å². The molecule has 0 amide bonds. The molecule has 1 aliphatic carbocycles. The fourth-order valence-electron chi connectivity index (χ4n) is 4.42. The van der Waals surface area contributed by atoms with E-state index >= 15 is 0 Å². The maximum Gasteiger partial charge on any atom is 0.416 e. The molecule has 0 aliphatic heterocycles. The lowest BCUT2D eigenvalue weighted by atomic mass is 10.0. The van der Waals surface area contributed by atoms with Crippen LogP contribution in [-0.4, -0.2) is 24.3 Å². The highest BCUT2D eigenvalue weighted by atomic mass is 19.4. The first-order valence-corrected chi connectivity index (χ1v) is 10.8. The summed E-state index contributed by atoms with van der Waals surface area (Å²) < 4.78 is 46.4. The number of pyridine rings is 1. The average Bonchev–Trinajstić information content (AvgIpc) is 3.20. The summed E-state index contributed by atoms with van der Waals surface area (Å²) in [5.74, 6) is 0. The number of hydrogen-bond acceptors (Lipinski definition) is 3. The lowest BCUT2D eigenvalue weighted by molar-refractivity contribution is -0.137. The fourth-order valence-corrected chi connectivity index (χ4v) is 4.42. The summed E-state index contributed by atoms with van der Waals surface area (Å²) in [6, 6.07) is 11.3. The van der Waals surface area contributed by atoms with E-state index in [1.807, 2.05) is 19.1 Å². The second kappa shape index (κ2) is 9.08. The number of nitrogens with one attached hydrogen (secondary N) is 1. The van der Waals surface area contributed by atoms with Gasteiger partial charge in [0, 0.05) is 25.3 Å². The van der Waals surface area contributed by atoms with Crippen molar-refractivity contribution in [2.24, 2.45) is 0 Å². The van der Waals surface area contributed by atoms with Gasteiger partial charge in [-0.25, -0.2) is 0 Å². The summed E-state index contributed by atoms with van der Waals surface area (Å²) >= 11 is 0. The smallest absolute Gasteiger partial charge is 0.383 e. The van der Waals surface area contributed by atoms with E-state index in [1.165, 1.54) is 17.2 Å². The minimum Gasteiger partial charge on any atom is -0.383 e. The maximum absolute atomic E-state index is 13.4. The van der Waals surface area contributed by atoms with E-state index < -0.39 is 11.7 Å². The molecule has 0 spiro atoms. The van der Waals surface area contributed by atoms with Crippen molar-refractivity contribution in [3.05, 3.63) is 80.6 Å². The first kappa shape index (κ1) is 22.6. The second-order valence-electron chi connectivity index (χ2n) is 8.53. The monoisotopic (exact) mass is 444 g/mol. The molecule has 0 saturated carbocycles. The summed E-state index contributed by atoms with van der Waals surface area (Å²) in [5, 5.41) is 4.23. The van der Waals surface area contributed by atoms with Gasteiger partial charge in [-0.15, -0.1) is 0 Å². The van der Waals surface area contributed by atoms with Crippen molar-refractivity contribution >= 4 is 10.9 Å². The van der Waals surface area contributed by atoms with Gasteiger partial charge >= 0.3 is 6.18 Å². The van der Waals surface area contributed by atoms with Gasteiger partial charge in [0.25, 0.3) is 5.56 Å². The fraction of sp³-hybridized carbons (Fsp3) is 0.400. The minimum absolute atomic E-state index is 0.0621. The molecule has 1 N–H and O–H groups in total. The quantitative estimate of drug-likeness (QED) is 0.575. The van der Waals surface area contributed by atoms with Crippen LogP contribution in [0.5, 0.6) is 0 Å². The molecule has 7 heteroatoms. The summed E-state index contributed by atoms with van der Waals surface area (Å²) in [7, 11) is 1.62. The Morgan fingerprint density at radius 2 is 1.88 bits per heavy atom. The lowest BCUT2D eigenvalue weighted by Gasteiger charge is -2.17. The third kappa shape index (κ3) is 4.74. The molecule has 1 aliphatic rings. The average molecular weight is 444 g/mol. The zero-order valence-corrected chi connectivity index (χ0v) is 18.3. The third-order valence-electron chi connectivity index (χ3n) is 6.03. The van der Waals surface area contributed by atoms with E-state index in [2.05, 4.69) is 11.4 Å². The molecule has 1 heterocycles. The Morgan fingerprint density at radius 3 is 2.59 bits per heavy atom. The molecule has 4 nitrogen and oxygen atoms in total. The van der Waals surface area contributed by atoms with E-state index in [9.17, 15) is 18.0 Å². The Labute approximate surface area is 185 Å². The van der Waals surface area contributed by atoms with Gasteiger partial charge in [-0.2, -0.15) is 13.2 Å². The molecule has 1 atom stereocenters. The highest BCUT2D eigenvalue weighted by molar-refractivity contribution is 5.82. The first-order valence-electron chi connectivity index (χ1n) is 10.8. The molecule has 0 unspecified atom stereocenters. The third-order valence-corrected chi connectivity index (χ3v) is 6.03. The number of nitrogens with zero attached hydrogens (tertiary/aromatic N) is 1. The predicted molar refractivity (Wildman–Crippen MR) is 119 cm³/mol. The normalized spacial score (nSPS) is 14.7. The SMILES string of the molecule is COC[C@@H](C)NCc1cc2cc3c(cc2n(Cc2cccc(C(F)(F)F)c2)c1=O)CCC3. The van der Waals surface area contributed by atoms with Crippen LogP contribution in [0.2, 0.25) is 0 Å². The van der Waals surface area contributed by atoms with Gasteiger partial charge in [-0.3, -0.25) is 4.79 Å².